The molecule has 19 heavy (non-hydrogen) atoms. The van der Waals surface area contributed by atoms with Gasteiger partial charge in [-0.15, -0.1) is 24.8 Å². The number of nitrogens with zero attached hydrogens (tertiary/aromatic N) is 2. The molecule has 1 aliphatic carbocycles. The Balaban J connectivity index is 0.000000902. The Kier molecular flexibility index (Phi) is 5.64. The fourth-order valence-electron chi connectivity index (χ4n) is 2.31. The molecule has 0 radical (unpaired) electrons. The number of amides is 1. The third kappa shape index (κ3) is 3.41. The predicted molar refractivity (Wildman–Crippen MR) is 78.4 cm³/mol. The lowest BCUT2D eigenvalue weighted by Gasteiger charge is -2.33. The van der Waals surface area contributed by atoms with E-state index in [0.29, 0.717) is 11.6 Å². The first-order valence-electron chi connectivity index (χ1n) is 6.32. The molecular weight excluding hydrogens is 287 g/mol. The molecule has 1 aliphatic heterocycles. The number of carbonyl (C=O) groups excluding carboxylic acids is 1. The van der Waals surface area contributed by atoms with Crippen LogP contribution in [0.2, 0.25) is 0 Å². The number of carbonyl (C=O) groups is 1. The molecule has 7 heteroatoms. The van der Waals surface area contributed by atoms with Crippen LogP contribution in [0.5, 0.6) is 0 Å². The van der Waals surface area contributed by atoms with E-state index >= 15 is 0 Å². The second-order valence-electron chi connectivity index (χ2n) is 5.01. The minimum atomic E-state index is 0. The molecule has 1 atom stereocenters. The van der Waals surface area contributed by atoms with Crippen LogP contribution in [0.25, 0.3) is 0 Å². The molecule has 108 valence electrons. The molecule has 3 rings (SSSR count). The van der Waals surface area contributed by atoms with E-state index in [1.54, 1.807) is 6.20 Å². The second kappa shape index (κ2) is 6.59. The average molecular weight is 307 g/mol. The topological polar surface area (TPSA) is 61.0 Å². The first-order valence-corrected chi connectivity index (χ1v) is 6.32. The number of nitrogens with one attached hydrogen (secondary N) is 2. The normalized spacial score (nSPS) is 22.4. The van der Waals surface area contributed by atoms with E-state index in [-0.39, 0.29) is 36.8 Å². The minimum absolute atomic E-state index is 0. The van der Waals surface area contributed by atoms with Crippen LogP contribution in [-0.2, 0) is 0 Å². The molecule has 1 saturated heterocycles. The minimum Gasteiger partial charge on any atom is -0.338 e. The highest BCUT2D eigenvalue weighted by molar-refractivity contribution is 5.92. The van der Waals surface area contributed by atoms with Gasteiger partial charge < -0.3 is 15.2 Å². The molecule has 0 unspecified atom stereocenters. The Morgan fingerprint density at radius 2 is 2.16 bits per heavy atom. The lowest BCUT2D eigenvalue weighted by molar-refractivity contribution is 0.0650. The van der Waals surface area contributed by atoms with Crippen LogP contribution >= 0.6 is 24.8 Å². The van der Waals surface area contributed by atoms with Gasteiger partial charge in [-0.25, -0.2) is 4.98 Å². The summed E-state index contributed by atoms with van der Waals surface area (Å²) >= 11 is 0. The summed E-state index contributed by atoms with van der Waals surface area (Å²) in [6, 6.07) is 0.254. The van der Waals surface area contributed by atoms with Gasteiger partial charge in [0.2, 0.25) is 0 Å². The van der Waals surface area contributed by atoms with Crippen molar-refractivity contribution < 1.29 is 4.79 Å². The fraction of sp³-hybridized carbons (Fsp3) is 0.667. The highest BCUT2D eigenvalue weighted by atomic mass is 35.5. The number of piperazine rings is 1. The molecule has 0 aromatic carbocycles. The maximum absolute atomic E-state index is 12.3. The van der Waals surface area contributed by atoms with Gasteiger partial charge in [0.15, 0.2) is 0 Å². The number of aromatic amines is 1. The highest BCUT2D eigenvalue weighted by Gasteiger charge is 2.29. The van der Waals surface area contributed by atoms with Crippen molar-refractivity contribution >= 4 is 30.7 Å². The van der Waals surface area contributed by atoms with Crippen molar-refractivity contribution in [1.82, 2.24) is 20.2 Å². The molecule has 1 saturated carbocycles. The van der Waals surface area contributed by atoms with Crippen LogP contribution in [0.4, 0.5) is 0 Å². The molecule has 2 heterocycles. The van der Waals surface area contributed by atoms with Crippen molar-refractivity contribution in [3.05, 3.63) is 17.7 Å². The van der Waals surface area contributed by atoms with Crippen molar-refractivity contribution in [2.45, 2.75) is 31.7 Å². The summed E-state index contributed by atoms with van der Waals surface area (Å²) in [6.45, 7) is 4.59. The van der Waals surface area contributed by atoms with Gasteiger partial charge in [0.05, 0.1) is 6.20 Å². The summed E-state index contributed by atoms with van der Waals surface area (Å²) in [6.07, 6.45) is 4.08. The molecule has 1 amide bonds. The Morgan fingerprint density at radius 3 is 2.79 bits per heavy atom. The number of hydrogen-bond acceptors (Lipinski definition) is 3. The third-order valence-electron chi connectivity index (χ3n) is 3.55. The lowest BCUT2D eigenvalue weighted by atomic mass is 10.2. The van der Waals surface area contributed by atoms with Crippen LogP contribution in [0.15, 0.2) is 6.20 Å². The van der Waals surface area contributed by atoms with E-state index in [1.807, 2.05) is 4.90 Å². The molecule has 0 spiro atoms. The van der Waals surface area contributed by atoms with Crippen molar-refractivity contribution in [2.24, 2.45) is 0 Å². The first-order chi connectivity index (χ1) is 8.25. The molecule has 2 fully saturated rings. The molecular formula is C12H20Cl2N4O. The van der Waals surface area contributed by atoms with Crippen LogP contribution in [0, 0.1) is 0 Å². The van der Waals surface area contributed by atoms with Crippen LogP contribution in [0.3, 0.4) is 0 Å². The zero-order chi connectivity index (χ0) is 11.8. The SMILES string of the molecule is C[C@@H]1CNCCN1C(=O)c1cnc(C2CC2)[nH]1.Cl.Cl. The van der Waals surface area contributed by atoms with Gasteiger partial charge in [0.25, 0.3) is 5.91 Å². The smallest absolute Gasteiger partial charge is 0.272 e. The number of rotatable bonds is 2. The zero-order valence-electron chi connectivity index (χ0n) is 10.9. The summed E-state index contributed by atoms with van der Waals surface area (Å²) in [5.74, 6) is 1.63. The van der Waals surface area contributed by atoms with E-state index in [0.717, 1.165) is 25.5 Å². The Hall–Kier alpha value is -0.780. The van der Waals surface area contributed by atoms with Crippen molar-refractivity contribution in [3.63, 3.8) is 0 Å². The average Bonchev–Trinajstić information content (AvgIpc) is 3.07. The number of hydrogen-bond donors (Lipinski definition) is 2. The van der Waals surface area contributed by atoms with Crippen LogP contribution in [0.1, 0.15) is 42.0 Å². The van der Waals surface area contributed by atoms with Gasteiger partial charge in [0.1, 0.15) is 11.5 Å². The van der Waals surface area contributed by atoms with Crippen molar-refractivity contribution in [3.8, 4) is 0 Å². The van der Waals surface area contributed by atoms with Crippen molar-refractivity contribution in [1.29, 1.82) is 0 Å². The molecule has 5 nitrogen and oxygen atoms in total. The maximum atomic E-state index is 12.3. The summed E-state index contributed by atoms with van der Waals surface area (Å²) < 4.78 is 0. The van der Waals surface area contributed by atoms with E-state index in [1.165, 1.54) is 12.8 Å². The molecule has 0 bridgehead atoms. The monoisotopic (exact) mass is 306 g/mol. The summed E-state index contributed by atoms with van der Waals surface area (Å²) in [5, 5.41) is 3.28. The maximum Gasteiger partial charge on any atom is 0.272 e. The van der Waals surface area contributed by atoms with E-state index < -0.39 is 0 Å². The standard InChI is InChI=1S/C12H18N4O.2ClH/c1-8-6-13-4-5-16(8)12(17)10-7-14-11(15-10)9-2-3-9;;/h7-9,13H,2-6H2,1H3,(H,14,15);2*1H/t8-;;/m1../s1. The molecule has 2 aliphatic rings. The Bertz CT molecular complexity index is 433. The third-order valence-corrected chi connectivity index (χ3v) is 3.55. The Labute approximate surface area is 125 Å². The van der Waals surface area contributed by atoms with Gasteiger partial charge >= 0.3 is 0 Å². The summed E-state index contributed by atoms with van der Waals surface area (Å²) in [4.78, 5) is 21.7. The molecule has 1 aromatic heterocycles. The lowest BCUT2D eigenvalue weighted by Crippen LogP contribution is -2.52. The largest absolute Gasteiger partial charge is 0.338 e. The van der Waals surface area contributed by atoms with Gasteiger partial charge in [0, 0.05) is 31.6 Å². The predicted octanol–water partition coefficient (Wildman–Crippen LogP) is 1.56. The van der Waals surface area contributed by atoms with Crippen molar-refractivity contribution in [2.75, 3.05) is 19.6 Å². The van der Waals surface area contributed by atoms with Crippen LogP contribution in [-0.4, -0.2) is 46.5 Å². The Morgan fingerprint density at radius 1 is 1.42 bits per heavy atom. The van der Waals surface area contributed by atoms with E-state index in [2.05, 4.69) is 22.2 Å². The number of aromatic nitrogens is 2. The number of H-pyrrole nitrogens is 1. The summed E-state index contributed by atoms with van der Waals surface area (Å²) in [5.41, 5.74) is 0.639. The second-order valence-corrected chi connectivity index (χ2v) is 5.01. The fourth-order valence-corrected chi connectivity index (χ4v) is 2.31. The van der Waals surface area contributed by atoms with Gasteiger partial charge in [-0.05, 0) is 19.8 Å². The highest BCUT2D eigenvalue weighted by Crippen LogP contribution is 2.38. The van der Waals surface area contributed by atoms with Gasteiger partial charge in [-0.1, -0.05) is 0 Å². The van der Waals surface area contributed by atoms with Gasteiger partial charge in [-0.2, -0.15) is 0 Å². The zero-order valence-corrected chi connectivity index (χ0v) is 12.5. The molecule has 2 N–H and O–H groups in total. The summed E-state index contributed by atoms with van der Waals surface area (Å²) in [7, 11) is 0. The quantitative estimate of drug-likeness (QED) is 0.872. The van der Waals surface area contributed by atoms with Crippen LogP contribution < -0.4 is 5.32 Å². The molecule has 1 aromatic rings. The van der Waals surface area contributed by atoms with E-state index in [9.17, 15) is 4.79 Å². The number of halogens is 2. The first kappa shape index (κ1) is 16.3. The number of imidazole rings is 1. The van der Waals surface area contributed by atoms with E-state index in [4.69, 9.17) is 0 Å². The van der Waals surface area contributed by atoms with Gasteiger partial charge in [-0.3, -0.25) is 4.79 Å².